The monoisotopic (exact) mass is 361 g/mol. The third kappa shape index (κ3) is 4.34. The molecule has 0 saturated carbocycles. The summed E-state index contributed by atoms with van der Waals surface area (Å²) in [4.78, 5) is 27.0. The summed E-state index contributed by atoms with van der Waals surface area (Å²) in [6, 6.07) is 5.06. The number of nitrogens with zero attached hydrogens (tertiary/aromatic N) is 1. The fraction of sp³-hybridized carbons (Fsp3) is 0.278. The van der Waals surface area contributed by atoms with E-state index in [1.165, 1.54) is 24.4 Å². The fourth-order valence-corrected chi connectivity index (χ4v) is 2.39. The molecule has 5 N–H and O–H groups in total. The first-order valence-electron chi connectivity index (χ1n) is 7.82. The summed E-state index contributed by atoms with van der Waals surface area (Å²) in [5, 5.41) is 22.0. The molecule has 2 rings (SSSR count). The molecule has 7 nitrogen and oxygen atoms in total. The highest BCUT2D eigenvalue weighted by molar-refractivity contribution is 5.95. The molecule has 8 heteroatoms. The summed E-state index contributed by atoms with van der Waals surface area (Å²) in [5.41, 5.74) is 4.83. The number of amides is 2. The SMILES string of the molecule is CC(C)(CO)c1cc(F)c(CC(=O)Nc2ccnc(C(N)=O)c2)cc1O. The number of nitrogens with two attached hydrogens (primary N) is 1. The first-order chi connectivity index (χ1) is 12.1. The molecule has 138 valence electrons. The maximum absolute atomic E-state index is 14.3. The van der Waals surface area contributed by atoms with Crippen molar-refractivity contribution in [2.24, 2.45) is 5.73 Å². The van der Waals surface area contributed by atoms with E-state index in [0.29, 0.717) is 5.69 Å². The first kappa shape index (κ1) is 19.3. The van der Waals surface area contributed by atoms with E-state index in [2.05, 4.69) is 10.3 Å². The predicted octanol–water partition coefficient (Wildman–Crippen LogP) is 1.48. The number of rotatable bonds is 6. The lowest BCUT2D eigenvalue weighted by Crippen LogP contribution is -2.23. The summed E-state index contributed by atoms with van der Waals surface area (Å²) < 4.78 is 14.3. The lowest BCUT2D eigenvalue weighted by molar-refractivity contribution is -0.115. The molecule has 2 amide bonds. The third-order valence-electron chi connectivity index (χ3n) is 3.94. The van der Waals surface area contributed by atoms with Gasteiger partial charge >= 0.3 is 0 Å². The number of benzene rings is 1. The first-order valence-corrected chi connectivity index (χ1v) is 7.82. The van der Waals surface area contributed by atoms with Crippen LogP contribution in [0.4, 0.5) is 10.1 Å². The Bertz CT molecular complexity index is 852. The highest BCUT2D eigenvalue weighted by Gasteiger charge is 2.25. The number of carbonyl (C=O) groups excluding carboxylic acids is 2. The van der Waals surface area contributed by atoms with Gasteiger partial charge in [0.25, 0.3) is 5.91 Å². The second kappa shape index (κ2) is 7.49. The molecule has 0 unspecified atom stereocenters. The molecule has 0 aliphatic carbocycles. The molecule has 0 radical (unpaired) electrons. The second-order valence-corrected chi connectivity index (χ2v) is 6.52. The lowest BCUT2D eigenvalue weighted by Gasteiger charge is -2.24. The maximum atomic E-state index is 14.3. The summed E-state index contributed by atoms with van der Waals surface area (Å²) in [6.07, 6.45) is 0.987. The van der Waals surface area contributed by atoms with E-state index >= 15 is 0 Å². The van der Waals surface area contributed by atoms with Gasteiger partial charge in [0.2, 0.25) is 5.91 Å². The van der Waals surface area contributed by atoms with E-state index in [1.54, 1.807) is 13.8 Å². The van der Waals surface area contributed by atoms with Crippen LogP contribution in [-0.4, -0.2) is 33.6 Å². The zero-order valence-corrected chi connectivity index (χ0v) is 14.4. The van der Waals surface area contributed by atoms with Crippen molar-refractivity contribution in [3.63, 3.8) is 0 Å². The molecule has 0 saturated heterocycles. The zero-order valence-electron chi connectivity index (χ0n) is 14.4. The molecular weight excluding hydrogens is 341 g/mol. The van der Waals surface area contributed by atoms with Crippen molar-refractivity contribution < 1.29 is 24.2 Å². The van der Waals surface area contributed by atoms with E-state index < -0.39 is 23.0 Å². The van der Waals surface area contributed by atoms with Crippen LogP contribution in [0.5, 0.6) is 5.75 Å². The number of aromatic hydroxyl groups is 1. The minimum Gasteiger partial charge on any atom is -0.508 e. The van der Waals surface area contributed by atoms with E-state index in [4.69, 9.17) is 5.73 Å². The number of primary amides is 1. The van der Waals surface area contributed by atoms with Gasteiger partial charge in [0.05, 0.1) is 13.0 Å². The summed E-state index contributed by atoms with van der Waals surface area (Å²) in [6.45, 7) is 3.05. The van der Waals surface area contributed by atoms with Gasteiger partial charge in [-0.15, -0.1) is 0 Å². The number of phenolic OH excluding ortho intramolecular Hbond substituents is 1. The molecule has 1 aromatic heterocycles. The quantitative estimate of drug-likeness (QED) is 0.620. The van der Waals surface area contributed by atoms with Crippen molar-refractivity contribution in [3.05, 3.63) is 53.1 Å². The molecule has 1 aromatic carbocycles. The van der Waals surface area contributed by atoms with E-state index in [-0.39, 0.29) is 35.6 Å². The number of phenols is 1. The summed E-state index contributed by atoms with van der Waals surface area (Å²) in [5.74, 6) is -2.14. The Hall–Kier alpha value is -3.00. The number of anilines is 1. The van der Waals surface area contributed by atoms with Gasteiger partial charge in [-0.25, -0.2) is 4.39 Å². The zero-order chi connectivity index (χ0) is 19.5. The number of aromatic nitrogens is 1. The standard InChI is InChI=1S/C18H20FN3O4/c1-18(2,9-23)12-8-13(19)10(5-15(12)24)6-16(25)22-11-3-4-21-14(7-11)17(20)26/h3-5,7-8,23-24H,6,9H2,1-2H3,(H2,20,26)(H,21,22,25). The molecule has 26 heavy (non-hydrogen) atoms. The lowest BCUT2D eigenvalue weighted by atomic mass is 9.84. The predicted molar refractivity (Wildman–Crippen MR) is 93.3 cm³/mol. The van der Waals surface area contributed by atoms with Gasteiger partial charge in [0.1, 0.15) is 17.3 Å². The van der Waals surface area contributed by atoms with Crippen molar-refractivity contribution in [1.82, 2.24) is 4.98 Å². The van der Waals surface area contributed by atoms with Gasteiger partial charge in [0, 0.05) is 28.4 Å². The number of hydrogen-bond acceptors (Lipinski definition) is 5. The van der Waals surface area contributed by atoms with Crippen LogP contribution in [0, 0.1) is 5.82 Å². The highest BCUT2D eigenvalue weighted by atomic mass is 19.1. The van der Waals surface area contributed by atoms with Crippen molar-refractivity contribution in [3.8, 4) is 5.75 Å². The minimum atomic E-state index is -0.825. The van der Waals surface area contributed by atoms with Gasteiger partial charge in [-0.05, 0) is 24.3 Å². The second-order valence-electron chi connectivity index (χ2n) is 6.52. The fourth-order valence-electron chi connectivity index (χ4n) is 2.39. The summed E-state index contributed by atoms with van der Waals surface area (Å²) in [7, 11) is 0. The molecule has 0 bridgehead atoms. The number of aliphatic hydroxyl groups is 1. The van der Waals surface area contributed by atoms with Crippen LogP contribution in [0.1, 0.15) is 35.5 Å². The Kier molecular flexibility index (Phi) is 5.56. The van der Waals surface area contributed by atoms with Gasteiger partial charge in [-0.3, -0.25) is 14.6 Å². The Morgan fingerprint density at radius 1 is 1.31 bits per heavy atom. The molecule has 0 fully saturated rings. The van der Waals surface area contributed by atoms with E-state index in [1.807, 2.05) is 0 Å². The maximum Gasteiger partial charge on any atom is 0.267 e. The normalized spacial score (nSPS) is 11.2. The Morgan fingerprint density at radius 2 is 2.00 bits per heavy atom. The van der Waals surface area contributed by atoms with Gasteiger partial charge in [0.15, 0.2) is 0 Å². The van der Waals surface area contributed by atoms with Crippen LogP contribution in [0.3, 0.4) is 0 Å². The van der Waals surface area contributed by atoms with Crippen LogP contribution in [0.25, 0.3) is 0 Å². The Balaban J connectivity index is 2.18. The number of nitrogens with one attached hydrogen (secondary N) is 1. The molecule has 0 atom stereocenters. The smallest absolute Gasteiger partial charge is 0.267 e. The largest absolute Gasteiger partial charge is 0.508 e. The van der Waals surface area contributed by atoms with Crippen molar-refractivity contribution >= 4 is 17.5 Å². The Labute approximate surface area is 149 Å². The van der Waals surface area contributed by atoms with Crippen molar-refractivity contribution in [2.45, 2.75) is 25.7 Å². The van der Waals surface area contributed by atoms with E-state index in [9.17, 15) is 24.2 Å². The molecular formula is C18H20FN3O4. The van der Waals surface area contributed by atoms with Crippen LogP contribution in [-0.2, 0) is 16.6 Å². The number of hydrogen-bond donors (Lipinski definition) is 4. The number of aliphatic hydroxyl groups excluding tert-OH is 1. The summed E-state index contributed by atoms with van der Waals surface area (Å²) >= 11 is 0. The van der Waals surface area contributed by atoms with Gasteiger partial charge in [-0.1, -0.05) is 13.8 Å². The van der Waals surface area contributed by atoms with Gasteiger partial charge in [-0.2, -0.15) is 0 Å². The average molecular weight is 361 g/mol. The van der Waals surface area contributed by atoms with Crippen LogP contribution >= 0.6 is 0 Å². The third-order valence-corrected chi connectivity index (χ3v) is 3.94. The van der Waals surface area contributed by atoms with Crippen LogP contribution in [0.15, 0.2) is 30.5 Å². The number of carbonyl (C=O) groups is 2. The molecule has 0 aliphatic heterocycles. The van der Waals surface area contributed by atoms with Crippen molar-refractivity contribution in [1.29, 1.82) is 0 Å². The van der Waals surface area contributed by atoms with Crippen LogP contribution < -0.4 is 11.1 Å². The molecule has 0 aliphatic rings. The average Bonchev–Trinajstić information content (AvgIpc) is 2.57. The number of pyridine rings is 1. The highest BCUT2D eigenvalue weighted by Crippen LogP contribution is 2.33. The Morgan fingerprint density at radius 3 is 2.62 bits per heavy atom. The molecule has 0 spiro atoms. The number of halogens is 1. The molecule has 2 aromatic rings. The minimum absolute atomic E-state index is 0.00155. The van der Waals surface area contributed by atoms with Gasteiger partial charge < -0.3 is 21.3 Å². The molecule has 1 heterocycles. The van der Waals surface area contributed by atoms with Crippen molar-refractivity contribution in [2.75, 3.05) is 11.9 Å². The van der Waals surface area contributed by atoms with Crippen LogP contribution in [0.2, 0.25) is 0 Å². The topological polar surface area (TPSA) is 126 Å². The van der Waals surface area contributed by atoms with E-state index in [0.717, 1.165) is 6.07 Å².